The standard InChI is InChI=1S/C14H19N3S/c1-14(6-2-8-18-14)10-17-12-3-4-13(16)11(9-12)5-7-15/h3-4,9,17H,2,5-6,8,10,16H2,1H3. The molecule has 0 saturated carbocycles. The highest BCUT2D eigenvalue weighted by Crippen LogP contribution is 2.37. The van der Waals surface area contributed by atoms with Crippen LogP contribution in [0.2, 0.25) is 0 Å². The molecule has 1 heterocycles. The normalized spacial score (nSPS) is 22.7. The summed E-state index contributed by atoms with van der Waals surface area (Å²) in [7, 11) is 0. The molecule has 1 fully saturated rings. The third-order valence-electron chi connectivity index (χ3n) is 3.38. The summed E-state index contributed by atoms with van der Waals surface area (Å²) in [4.78, 5) is 0. The van der Waals surface area contributed by atoms with E-state index in [2.05, 4.69) is 18.3 Å². The summed E-state index contributed by atoms with van der Waals surface area (Å²) in [6.45, 7) is 3.28. The van der Waals surface area contributed by atoms with Crippen LogP contribution in [0.25, 0.3) is 0 Å². The minimum absolute atomic E-state index is 0.344. The Hall–Kier alpha value is -1.34. The zero-order valence-electron chi connectivity index (χ0n) is 10.7. The summed E-state index contributed by atoms with van der Waals surface area (Å²) >= 11 is 2.04. The lowest BCUT2D eigenvalue weighted by Crippen LogP contribution is -2.27. The minimum Gasteiger partial charge on any atom is -0.398 e. The average Bonchev–Trinajstić information content (AvgIpc) is 2.78. The van der Waals surface area contributed by atoms with E-state index in [9.17, 15) is 0 Å². The average molecular weight is 261 g/mol. The SMILES string of the molecule is CC1(CNc2ccc(N)c(CC#N)c2)CCCS1. The number of nitrogens with two attached hydrogens (primary N) is 1. The van der Waals surface area contributed by atoms with Crippen LogP contribution in [0.5, 0.6) is 0 Å². The monoisotopic (exact) mass is 261 g/mol. The van der Waals surface area contributed by atoms with Crippen molar-refractivity contribution in [2.75, 3.05) is 23.3 Å². The van der Waals surface area contributed by atoms with E-state index >= 15 is 0 Å². The summed E-state index contributed by atoms with van der Waals surface area (Å²) < 4.78 is 0.344. The smallest absolute Gasteiger partial charge is 0.0670 e. The molecular formula is C14H19N3S. The van der Waals surface area contributed by atoms with Gasteiger partial charge < -0.3 is 11.1 Å². The van der Waals surface area contributed by atoms with Crippen LogP contribution in [-0.2, 0) is 6.42 Å². The number of hydrogen-bond acceptors (Lipinski definition) is 4. The van der Waals surface area contributed by atoms with Crippen molar-refractivity contribution in [3.05, 3.63) is 23.8 Å². The fourth-order valence-electron chi connectivity index (χ4n) is 2.22. The van der Waals surface area contributed by atoms with Gasteiger partial charge in [-0.3, -0.25) is 0 Å². The minimum atomic E-state index is 0.344. The number of nitrogens with zero attached hydrogens (tertiary/aromatic N) is 1. The summed E-state index contributed by atoms with van der Waals surface area (Å²) in [5, 5.41) is 12.2. The molecule has 18 heavy (non-hydrogen) atoms. The van der Waals surface area contributed by atoms with E-state index in [0.29, 0.717) is 16.9 Å². The maximum atomic E-state index is 8.75. The molecule has 4 heteroatoms. The predicted octanol–water partition coefficient (Wildman–Crippen LogP) is 3.03. The molecule has 1 aliphatic rings. The number of benzene rings is 1. The molecule has 1 aromatic rings. The highest BCUT2D eigenvalue weighted by molar-refractivity contribution is 8.00. The fourth-order valence-corrected chi connectivity index (χ4v) is 3.46. The molecule has 1 atom stereocenters. The molecular weight excluding hydrogens is 242 g/mol. The van der Waals surface area contributed by atoms with Crippen LogP contribution in [-0.4, -0.2) is 17.0 Å². The molecule has 0 aliphatic carbocycles. The Balaban J connectivity index is 2.01. The van der Waals surface area contributed by atoms with Crippen molar-refractivity contribution in [1.82, 2.24) is 0 Å². The second-order valence-corrected chi connectivity index (χ2v) is 6.69. The molecule has 2 rings (SSSR count). The van der Waals surface area contributed by atoms with Crippen LogP contribution in [0, 0.1) is 11.3 Å². The summed E-state index contributed by atoms with van der Waals surface area (Å²) in [5.74, 6) is 1.26. The Morgan fingerprint density at radius 3 is 3.06 bits per heavy atom. The van der Waals surface area contributed by atoms with Gasteiger partial charge in [-0.2, -0.15) is 17.0 Å². The van der Waals surface area contributed by atoms with Crippen molar-refractivity contribution >= 4 is 23.1 Å². The fraction of sp³-hybridized carbons (Fsp3) is 0.500. The predicted molar refractivity (Wildman–Crippen MR) is 78.8 cm³/mol. The summed E-state index contributed by atoms with van der Waals surface area (Å²) in [6.07, 6.45) is 2.95. The number of hydrogen-bond donors (Lipinski definition) is 2. The first-order chi connectivity index (χ1) is 8.63. The first-order valence-corrected chi connectivity index (χ1v) is 7.25. The molecule has 3 nitrogen and oxygen atoms in total. The van der Waals surface area contributed by atoms with E-state index in [0.717, 1.165) is 17.8 Å². The second kappa shape index (κ2) is 5.53. The number of nitriles is 1. The molecule has 0 radical (unpaired) electrons. The van der Waals surface area contributed by atoms with Crippen molar-refractivity contribution in [1.29, 1.82) is 5.26 Å². The zero-order chi connectivity index (χ0) is 13.0. The van der Waals surface area contributed by atoms with Crippen molar-refractivity contribution in [2.45, 2.75) is 30.9 Å². The molecule has 1 saturated heterocycles. The van der Waals surface area contributed by atoms with Gasteiger partial charge in [0.25, 0.3) is 0 Å². The van der Waals surface area contributed by atoms with Gasteiger partial charge in [-0.1, -0.05) is 0 Å². The van der Waals surface area contributed by atoms with Gasteiger partial charge in [0.2, 0.25) is 0 Å². The van der Waals surface area contributed by atoms with Gasteiger partial charge in [-0.05, 0) is 49.3 Å². The Bertz CT molecular complexity index is 459. The van der Waals surface area contributed by atoms with Crippen LogP contribution in [0.3, 0.4) is 0 Å². The Morgan fingerprint density at radius 2 is 2.39 bits per heavy atom. The molecule has 96 valence electrons. The van der Waals surface area contributed by atoms with E-state index in [4.69, 9.17) is 11.0 Å². The molecule has 0 amide bonds. The van der Waals surface area contributed by atoms with Crippen LogP contribution in [0.1, 0.15) is 25.3 Å². The molecule has 0 bridgehead atoms. The van der Waals surface area contributed by atoms with E-state index in [1.54, 1.807) is 0 Å². The Labute approximate surface area is 113 Å². The molecule has 0 spiro atoms. The van der Waals surface area contributed by atoms with E-state index in [1.807, 2.05) is 30.0 Å². The summed E-state index contributed by atoms with van der Waals surface area (Å²) in [6, 6.07) is 7.99. The lowest BCUT2D eigenvalue weighted by Gasteiger charge is -2.23. The third kappa shape index (κ3) is 3.11. The Morgan fingerprint density at radius 1 is 1.56 bits per heavy atom. The van der Waals surface area contributed by atoms with Crippen LogP contribution < -0.4 is 11.1 Å². The maximum Gasteiger partial charge on any atom is 0.0670 e. The van der Waals surface area contributed by atoms with Crippen LogP contribution >= 0.6 is 11.8 Å². The first kappa shape index (κ1) is 13.1. The number of nitrogens with one attached hydrogen (secondary N) is 1. The highest BCUT2D eigenvalue weighted by atomic mass is 32.2. The largest absolute Gasteiger partial charge is 0.398 e. The molecule has 0 aromatic heterocycles. The maximum absolute atomic E-state index is 8.75. The summed E-state index contributed by atoms with van der Waals surface area (Å²) in [5.41, 5.74) is 8.50. The van der Waals surface area contributed by atoms with Crippen molar-refractivity contribution in [3.8, 4) is 6.07 Å². The van der Waals surface area contributed by atoms with Gasteiger partial charge in [-0.15, -0.1) is 0 Å². The van der Waals surface area contributed by atoms with Gasteiger partial charge in [0.05, 0.1) is 12.5 Å². The Kier molecular flexibility index (Phi) is 4.03. The number of anilines is 2. The zero-order valence-corrected chi connectivity index (χ0v) is 11.5. The van der Waals surface area contributed by atoms with Gasteiger partial charge in [0.1, 0.15) is 0 Å². The van der Waals surface area contributed by atoms with Crippen molar-refractivity contribution in [3.63, 3.8) is 0 Å². The van der Waals surface area contributed by atoms with Crippen LogP contribution in [0.15, 0.2) is 18.2 Å². The van der Waals surface area contributed by atoms with Crippen molar-refractivity contribution in [2.24, 2.45) is 0 Å². The lowest BCUT2D eigenvalue weighted by atomic mass is 10.1. The molecule has 1 aliphatic heterocycles. The number of rotatable bonds is 4. The van der Waals surface area contributed by atoms with Gasteiger partial charge in [0.15, 0.2) is 0 Å². The highest BCUT2D eigenvalue weighted by Gasteiger charge is 2.28. The lowest BCUT2D eigenvalue weighted by molar-refractivity contribution is 0.635. The third-order valence-corrected chi connectivity index (χ3v) is 4.92. The van der Waals surface area contributed by atoms with Gasteiger partial charge in [-0.25, -0.2) is 0 Å². The molecule has 3 N–H and O–H groups in total. The van der Waals surface area contributed by atoms with E-state index in [1.165, 1.54) is 18.6 Å². The van der Waals surface area contributed by atoms with Crippen LogP contribution in [0.4, 0.5) is 11.4 Å². The number of thioether (sulfide) groups is 1. The quantitative estimate of drug-likeness (QED) is 0.818. The molecule has 1 unspecified atom stereocenters. The van der Waals surface area contributed by atoms with E-state index in [-0.39, 0.29) is 0 Å². The van der Waals surface area contributed by atoms with Gasteiger partial charge >= 0.3 is 0 Å². The number of nitrogen functional groups attached to an aromatic ring is 1. The van der Waals surface area contributed by atoms with E-state index < -0.39 is 0 Å². The molecule has 1 aromatic carbocycles. The first-order valence-electron chi connectivity index (χ1n) is 6.26. The topological polar surface area (TPSA) is 61.8 Å². The van der Waals surface area contributed by atoms with Crippen molar-refractivity contribution < 1.29 is 0 Å². The second-order valence-electron chi connectivity index (χ2n) is 5.00. The van der Waals surface area contributed by atoms with Gasteiger partial charge in [0, 0.05) is 22.7 Å².